The van der Waals surface area contributed by atoms with E-state index in [-0.39, 0.29) is 18.3 Å². The molecule has 2 aliphatic rings. The third kappa shape index (κ3) is 1.45. The first-order valence-electron chi connectivity index (χ1n) is 5.34. The second-order valence-electron chi connectivity index (χ2n) is 4.75. The SMILES string of the molecule is [2H]N1CC(B2OC(C)(C)C(C)(C)O2)=CN1. The summed E-state index contributed by atoms with van der Waals surface area (Å²) in [5.74, 6) is 0. The molecule has 2 heterocycles. The lowest BCUT2D eigenvalue weighted by atomic mass is 9.79. The average Bonchev–Trinajstić information content (AvgIpc) is 2.56. The molecule has 0 aromatic heterocycles. The van der Waals surface area contributed by atoms with Gasteiger partial charge in [-0.1, -0.05) is 0 Å². The topological polar surface area (TPSA) is 42.5 Å². The van der Waals surface area contributed by atoms with Crippen molar-refractivity contribution in [1.82, 2.24) is 10.8 Å². The van der Waals surface area contributed by atoms with Gasteiger partial charge < -0.3 is 14.7 Å². The fourth-order valence-electron chi connectivity index (χ4n) is 1.45. The summed E-state index contributed by atoms with van der Waals surface area (Å²) < 4.78 is 19.1. The van der Waals surface area contributed by atoms with Gasteiger partial charge in [0.05, 0.1) is 11.2 Å². The predicted molar refractivity (Wildman–Crippen MR) is 55.3 cm³/mol. The fraction of sp³-hybridized carbons (Fsp3) is 0.778. The van der Waals surface area contributed by atoms with Gasteiger partial charge in [-0.15, -0.1) is 0 Å². The van der Waals surface area contributed by atoms with Crippen LogP contribution in [0.5, 0.6) is 0 Å². The summed E-state index contributed by atoms with van der Waals surface area (Å²) in [5, 5.41) is 0. The second-order valence-corrected chi connectivity index (χ2v) is 4.75. The van der Waals surface area contributed by atoms with Gasteiger partial charge in [-0.3, -0.25) is 0 Å². The zero-order valence-corrected chi connectivity index (χ0v) is 9.13. The van der Waals surface area contributed by atoms with E-state index >= 15 is 0 Å². The summed E-state index contributed by atoms with van der Waals surface area (Å²) in [6, 6.07) is 0. The third-order valence-electron chi connectivity index (χ3n) is 3.16. The molecule has 0 amide bonds. The van der Waals surface area contributed by atoms with E-state index < -0.39 is 0 Å². The Morgan fingerprint density at radius 1 is 1.36 bits per heavy atom. The summed E-state index contributed by atoms with van der Waals surface area (Å²) in [5.41, 5.74) is 4.37. The summed E-state index contributed by atoms with van der Waals surface area (Å²) in [6.45, 7) is 8.60. The Morgan fingerprint density at radius 3 is 2.36 bits per heavy atom. The number of hydrogen-bond donors (Lipinski definition) is 2. The van der Waals surface area contributed by atoms with Crippen molar-refractivity contribution in [2.45, 2.75) is 38.9 Å². The number of rotatable bonds is 1. The third-order valence-corrected chi connectivity index (χ3v) is 3.16. The van der Waals surface area contributed by atoms with Crippen LogP contribution in [0.2, 0.25) is 1.41 Å². The van der Waals surface area contributed by atoms with Crippen LogP contribution in [0.25, 0.3) is 0 Å². The van der Waals surface area contributed by atoms with Crippen LogP contribution in [0.15, 0.2) is 11.7 Å². The molecule has 1 saturated heterocycles. The lowest BCUT2D eigenvalue weighted by molar-refractivity contribution is 0.00578. The zero-order chi connectivity index (χ0) is 11.3. The van der Waals surface area contributed by atoms with E-state index in [4.69, 9.17) is 10.7 Å². The van der Waals surface area contributed by atoms with Gasteiger partial charge in [0, 0.05) is 12.7 Å². The molecule has 2 aliphatic heterocycles. The molecule has 0 aromatic rings. The molecule has 2 N–H and O–H groups in total. The van der Waals surface area contributed by atoms with Gasteiger partial charge in [-0.25, -0.2) is 5.42 Å². The second kappa shape index (κ2) is 2.99. The van der Waals surface area contributed by atoms with Crippen molar-refractivity contribution in [3.05, 3.63) is 11.7 Å². The van der Waals surface area contributed by atoms with Gasteiger partial charge in [0.25, 0.3) is 0 Å². The molecule has 1 fully saturated rings. The molecular weight excluding hydrogens is 179 g/mol. The highest BCUT2D eigenvalue weighted by atomic mass is 16.7. The first-order valence-corrected chi connectivity index (χ1v) is 4.89. The van der Waals surface area contributed by atoms with Crippen LogP contribution in [0.3, 0.4) is 0 Å². The first kappa shape index (κ1) is 8.77. The van der Waals surface area contributed by atoms with Gasteiger partial charge in [-0.05, 0) is 33.2 Å². The Labute approximate surface area is 86.6 Å². The van der Waals surface area contributed by atoms with Crippen LogP contribution in [0, 0.1) is 0 Å². The molecule has 0 radical (unpaired) electrons. The van der Waals surface area contributed by atoms with Crippen LogP contribution in [0.1, 0.15) is 27.7 Å². The number of hydrazine groups is 1. The largest absolute Gasteiger partial charge is 0.493 e. The van der Waals surface area contributed by atoms with Crippen LogP contribution in [-0.2, 0) is 9.31 Å². The number of nitrogens with one attached hydrogen (secondary N) is 2. The molecule has 0 unspecified atom stereocenters. The monoisotopic (exact) mass is 197 g/mol. The molecule has 14 heavy (non-hydrogen) atoms. The minimum Gasteiger partial charge on any atom is -0.399 e. The van der Waals surface area contributed by atoms with Gasteiger partial charge in [0.1, 0.15) is 1.41 Å². The molecule has 0 aromatic carbocycles. The van der Waals surface area contributed by atoms with Crippen molar-refractivity contribution in [3.8, 4) is 0 Å². The summed E-state index contributed by atoms with van der Waals surface area (Å²) in [7, 11) is -0.335. The van der Waals surface area contributed by atoms with Gasteiger partial charge in [-0.2, -0.15) is 0 Å². The number of hydrogen-bond acceptors (Lipinski definition) is 4. The van der Waals surface area contributed by atoms with Crippen molar-refractivity contribution in [3.63, 3.8) is 0 Å². The maximum absolute atomic E-state index is 7.38. The van der Waals surface area contributed by atoms with E-state index in [1.807, 2.05) is 27.7 Å². The summed E-state index contributed by atoms with van der Waals surface area (Å²) >= 11 is 0. The molecule has 0 atom stereocenters. The molecule has 0 bridgehead atoms. The molecule has 0 saturated carbocycles. The molecule has 5 heteroatoms. The fourth-order valence-corrected chi connectivity index (χ4v) is 1.45. The summed E-state index contributed by atoms with van der Waals surface area (Å²) in [6.07, 6.45) is 1.77. The molecule has 0 aliphatic carbocycles. The molecule has 0 spiro atoms. The van der Waals surface area contributed by atoms with Crippen molar-refractivity contribution < 1.29 is 10.7 Å². The van der Waals surface area contributed by atoms with E-state index in [0.29, 0.717) is 6.54 Å². The quantitative estimate of drug-likeness (QED) is 0.604. The smallest absolute Gasteiger partial charge is 0.399 e. The standard InChI is InChI=1S/C9H17BN2O2/c1-8(2)9(3,4)14-10(13-8)7-5-11-12-6-7/h5,11-12H,6H2,1-4H3/i/hD. The van der Waals surface area contributed by atoms with Gasteiger partial charge >= 0.3 is 7.12 Å². The van der Waals surface area contributed by atoms with Gasteiger partial charge in [0.2, 0.25) is 0 Å². The molecule has 4 nitrogen and oxygen atoms in total. The Balaban J connectivity index is 2.10. The van der Waals surface area contributed by atoms with E-state index in [2.05, 4.69) is 5.43 Å². The van der Waals surface area contributed by atoms with Crippen molar-refractivity contribution in [2.24, 2.45) is 0 Å². The molecule has 78 valence electrons. The van der Waals surface area contributed by atoms with Crippen LogP contribution in [0.4, 0.5) is 0 Å². The van der Waals surface area contributed by atoms with E-state index in [0.717, 1.165) is 5.47 Å². The Hall–Kier alpha value is -0.515. The maximum atomic E-state index is 7.38. The minimum absolute atomic E-state index is 0.312. The minimum atomic E-state index is -0.335. The van der Waals surface area contributed by atoms with Crippen molar-refractivity contribution >= 4 is 7.12 Å². The van der Waals surface area contributed by atoms with Crippen LogP contribution in [-0.4, -0.2) is 24.9 Å². The first-order chi connectivity index (χ1) is 6.82. The van der Waals surface area contributed by atoms with Crippen LogP contribution >= 0.6 is 0 Å². The Kier molecular flexibility index (Phi) is 1.87. The highest BCUT2D eigenvalue weighted by Crippen LogP contribution is 2.38. The van der Waals surface area contributed by atoms with E-state index in [1.54, 1.807) is 6.20 Å². The average molecular weight is 197 g/mol. The predicted octanol–water partition coefficient (Wildman–Crippen LogP) is 0.610. The van der Waals surface area contributed by atoms with Crippen molar-refractivity contribution in [2.75, 3.05) is 6.54 Å². The zero-order valence-electron chi connectivity index (χ0n) is 10.1. The Morgan fingerprint density at radius 2 is 1.93 bits per heavy atom. The van der Waals surface area contributed by atoms with Crippen molar-refractivity contribution in [1.29, 1.82) is 0 Å². The van der Waals surface area contributed by atoms with E-state index in [9.17, 15) is 0 Å². The van der Waals surface area contributed by atoms with Crippen LogP contribution < -0.4 is 10.8 Å². The lowest BCUT2D eigenvalue weighted by Crippen LogP contribution is -2.41. The van der Waals surface area contributed by atoms with Gasteiger partial charge in [0.15, 0.2) is 0 Å². The highest BCUT2D eigenvalue weighted by molar-refractivity contribution is 6.54. The summed E-state index contributed by atoms with van der Waals surface area (Å²) in [4.78, 5) is 0. The normalized spacial score (nSPS) is 31.3. The van der Waals surface area contributed by atoms with E-state index in [1.165, 1.54) is 5.42 Å². The lowest BCUT2D eigenvalue weighted by Gasteiger charge is -2.32. The Bertz CT molecular complexity index is 290. The maximum Gasteiger partial charge on any atom is 0.493 e. The molecular formula is C9H17BN2O2. The highest BCUT2D eigenvalue weighted by Gasteiger charge is 2.52. The molecule has 2 rings (SSSR count).